The zero-order valence-corrected chi connectivity index (χ0v) is 7.27. The molecule has 1 atom stereocenters. The van der Waals surface area contributed by atoms with E-state index in [0.717, 1.165) is 0 Å². The fourth-order valence-corrected chi connectivity index (χ4v) is 1.39. The average molecular weight is 204 g/mol. The van der Waals surface area contributed by atoms with Crippen LogP contribution in [0.25, 0.3) is 0 Å². The van der Waals surface area contributed by atoms with Gasteiger partial charge in [-0.1, -0.05) is 0 Å². The van der Waals surface area contributed by atoms with Crippen LogP contribution in [0, 0.1) is 10.1 Å². The smallest absolute Gasteiger partial charge is 0.391 e. The van der Waals surface area contributed by atoms with Crippen molar-refractivity contribution in [3.05, 3.63) is 16.3 Å². The molecule has 1 aromatic rings. The maximum absolute atomic E-state index is 10.5. The number of hydrogen-bond acceptors (Lipinski definition) is 4. The number of fused-ring (bicyclic) bond motifs is 1. The molecule has 2 heterocycles. The van der Waals surface area contributed by atoms with Gasteiger partial charge in [0.15, 0.2) is 6.10 Å². The van der Waals surface area contributed by atoms with E-state index in [1.807, 2.05) is 0 Å². The predicted molar refractivity (Wildman–Crippen MR) is 44.0 cm³/mol. The Kier molecular flexibility index (Phi) is 1.84. The molecule has 0 spiro atoms. The summed E-state index contributed by atoms with van der Waals surface area (Å²) in [5.74, 6) is 0.253. The lowest BCUT2D eigenvalue weighted by Crippen LogP contribution is -2.16. The first-order valence-corrected chi connectivity index (χ1v) is 4.18. The van der Waals surface area contributed by atoms with Crippen molar-refractivity contribution in [2.45, 2.75) is 12.6 Å². The van der Waals surface area contributed by atoms with E-state index in [2.05, 4.69) is 4.98 Å². The van der Waals surface area contributed by atoms with Crippen LogP contribution in [0.15, 0.2) is 6.20 Å². The van der Waals surface area contributed by atoms with Crippen molar-refractivity contribution in [2.24, 2.45) is 0 Å². The number of nitrogens with zero attached hydrogens (tertiary/aromatic N) is 3. The van der Waals surface area contributed by atoms with E-state index < -0.39 is 4.92 Å². The van der Waals surface area contributed by atoms with Crippen LogP contribution in [-0.2, 0) is 6.54 Å². The van der Waals surface area contributed by atoms with Gasteiger partial charge in [0.05, 0.1) is 5.88 Å². The van der Waals surface area contributed by atoms with Crippen LogP contribution < -0.4 is 4.74 Å². The van der Waals surface area contributed by atoms with Crippen LogP contribution in [0.2, 0.25) is 0 Å². The van der Waals surface area contributed by atoms with Gasteiger partial charge in [0.25, 0.3) is 0 Å². The van der Waals surface area contributed by atoms with Crippen molar-refractivity contribution >= 4 is 17.4 Å². The molecule has 13 heavy (non-hydrogen) atoms. The van der Waals surface area contributed by atoms with Crippen LogP contribution in [-0.4, -0.2) is 26.5 Å². The van der Waals surface area contributed by atoms with E-state index in [-0.39, 0.29) is 17.9 Å². The van der Waals surface area contributed by atoms with Gasteiger partial charge in [-0.2, -0.15) is 9.55 Å². The van der Waals surface area contributed by atoms with Crippen molar-refractivity contribution < 1.29 is 9.66 Å². The highest BCUT2D eigenvalue weighted by Crippen LogP contribution is 2.27. The standard InChI is InChI=1S/C6H6ClN3O3/c7-1-4-3-9-5(10(11)12)2-8-6(9)13-4/h2,4H,1,3H2/t4-/m1/s1. The number of rotatable bonds is 2. The predicted octanol–water partition coefficient (Wildman–Crippen LogP) is 0.791. The third-order valence-electron chi connectivity index (χ3n) is 1.82. The topological polar surface area (TPSA) is 70.2 Å². The minimum absolute atomic E-state index is 0.0531. The highest BCUT2D eigenvalue weighted by atomic mass is 35.5. The number of halogens is 1. The van der Waals surface area contributed by atoms with Crippen LogP contribution in [0.3, 0.4) is 0 Å². The van der Waals surface area contributed by atoms with Crippen molar-refractivity contribution in [3.8, 4) is 6.01 Å². The molecule has 2 rings (SSSR count). The Bertz CT molecular complexity index is 351. The third kappa shape index (κ3) is 1.23. The lowest BCUT2D eigenvalue weighted by Gasteiger charge is -1.99. The van der Waals surface area contributed by atoms with Gasteiger partial charge in [-0.15, -0.1) is 11.6 Å². The molecule has 0 amide bonds. The van der Waals surface area contributed by atoms with Crippen LogP contribution in [0.4, 0.5) is 5.82 Å². The zero-order valence-electron chi connectivity index (χ0n) is 6.51. The number of hydrogen-bond donors (Lipinski definition) is 0. The number of nitro groups is 1. The van der Waals surface area contributed by atoms with E-state index in [1.54, 1.807) is 0 Å². The number of alkyl halides is 1. The molecule has 0 aliphatic carbocycles. The van der Waals surface area contributed by atoms with E-state index in [0.29, 0.717) is 12.4 Å². The summed E-state index contributed by atoms with van der Waals surface area (Å²) in [5, 5.41) is 10.5. The second kappa shape index (κ2) is 2.88. The first kappa shape index (κ1) is 8.31. The number of ether oxygens (including phenoxy) is 1. The fraction of sp³-hybridized carbons (Fsp3) is 0.500. The molecule has 0 fully saturated rings. The molecule has 0 aromatic carbocycles. The molecular weight excluding hydrogens is 198 g/mol. The Morgan fingerprint density at radius 3 is 3.31 bits per heavy atom. The molecule has 1 aromatic heterocycles. The molecule has 0 radical (unpaired) electrons. The Hall–Kier alpha value is -1.30. The average Bonchev–Trinajstić information content (AvgIpc) is 2.59. The highest BCUT2D eigenvalue weighted by Gasteiger charge is 2.32. The van der Waals surface area contributed by atoms with Gasteiger partial charge < -0.3 is 14.9 Å². The minimum atomic E-state index is -0.490. The summed E-state index contributed by atoms with van der Waals surface area (Å²) in [7, 11) is 0. The first-order chi connectivity index (χ1) is 6.22. The van der Waals surface area contributed by atoms with Crippen LogP contribution in [0.5, 0.6) is 6.01 Å². The summed E-state index contributed by atoms with van der Waals surface area (Å²) in [4.78, 5) is 13.7. The maximum atomic E-state index is 10.5. The third-order valence-corrected chi connectivity index (χ3v) is 2.16. The molecule has 1 aliphatic rings. The van der Waals surface area contributed by atoms with Crippen molar-refractivity contribution in [1.29, 1.82) is 0 Å². The second-order valence-electron chi connectivity index (χ2n) is 2.66. The fourth-order valence-electron chi connectivity index (χ4n) is 1.23. The van der Waals surface area contributed by atoms with Crippen molar-refractivity contribution in [1.82, 2.24) is 9.55 Å². The zero-order chi connectivity index (χ0) is 9.42. The number of aromatic nitrogens is 2. The summed E-state index contributed by atoms with van der Waals surface area (Å²) in [6, 6.07) is 0.275. The molecule has 6 nitrogen and oxygen atoms in total. The quantitative estimate of drug-likeness (QED) is 0.405. The van der Waals surface area contributed by atoms with Gasteiger partial charge in [0.2, 0.25) is 0 Å². The Balaban J connectivity index is 2.32. The highest BCUT2D eigenvalue weighted by molar-refractivity contribution is 6.18. The molecule has 0 N–H and O–H groups in total. The Labute approximate surface area is 78.2 Å². The Morgan fingerprint density at radius 1 is 1.92 bits per heavy atom. The first-order valence-electron chi connectivity index (χ1n) is 3.65. The second-order valence-corrected chi connectivity index (χ2v) is 2.97. The Morgan fingerprint density at radius 2 is 2.69 bits per heavy atom. The van der Waals surface area contributed by atoms with Crippen LogP contribution in [0.1, 0.15) is 0 Å². The molecule has 70 valence electrons. The van der Waals surface area contributed by atoms with E-state index in [1.165, 1.54) is 10.8 Å². The molecule has 1 aliphatic heterocycles. The molecule has 7 heteroatoms. The summed E-state index contributed by atoms with van der Waals surface area (Å²) >= 11 is 5.55. The normalized spacial score (nSPS) is 19.6. The summed E-state index contributed by atoms with van der Waals surface area (Å²) < 4.78 is 6.61. The summed E-state index contributed by atoms with van der Waals surface area (Å²) in [6.07, 6.45) is 0.976. The summed E-state index contributed by atoms with van der Waals surface area (Å²) in [5.41, 5.74) is 0. The maximum Gasteiger partial charge on any atom is 0.391 e. The van der Waals surface area contributed by atoms with E-state index >= 15 is 0 Å². The van der Waals surface area contributed by atoms with Gasteiger partial charge in [-0.25, -0.2) is 0 Å². The monoisotopic (exact) mass is 203 g/mol. The van der Waals surface area contributed by atoms with Gasteiger partial charge in [0, 0.05) is 0 Å². The van der Waals surface area contributed by atoms with Gasteiger partial charge in [0.1, 0.15) is 12.7 Å². The molecule has 0 unspecified atom stereocenters. The molecule has 0 saturated heterocycles. The van der Waals surface area contributed by atoms with Gasteiger partial charge >= 0.3 is 11.8 Å². The van der Waals surface area contributed by atoms with Crippen molar-refractivity contribution in [3.63, 3.8) is 0 Å². The van der Waals surface area contributed by atoms with E-state index in [4.69, 9.17) is 16.3 Å². The largest absolute Gasteiger partial charge is 0.439 e. The number of imidazole rings is 1. The molecule has 0 bridgehead atoms. The van der Waals surface area contributed by atoms with E-state index in [9.17, 15) is 10.1 Å². The van der Waals surface area contributed by atoms with Crippen molar-refractivity contribution in [2.75, 3.05) is 5.88 Å². The molecular formula is C6H6ClN3O3. The van der Waals surface area contributed by atoms with Gasteiger partial charge in [-0.05, 0) is 4.92 Å². The molecule has 0 saturated carbocycles. The summed E-state index contributed by atoms with van der Waals surface area (Å²) in [6.45, 7) is 0.398. The lowest BCUT2D eigenvalue weighted by atomic mass is 10.4. The minimum Gasteiger partial charge on any atom is -0.439 e. The van der Waals surface area contributed by atoms with Crippen LogP contribution >= 0.6 is 11.6 Å². The SMILES string of the molecule is O=[N+]([O-])c1cnc2n1C[C@@H](CCl)O2. The van der Waals surface area contributed by atoms with Gasteiger partial charge in [-0.3, -0.25) is 0 Å². The lowest BCUT2D eigenvalue weighted by molar-refractivity contribution is -0.392.